The zero-order chi connectivity index (χ0) is 36.5. The molecule has 1 saturated heterocycles. The Morgan fingerprint density at radius 3 is 2.27 bits per heavy atom. The molecule has 2 aliphatic heterocycles. The summed E-state index contributed by atoms with van der Waals surface area (Å²) in [6.07, 6.45) is 2.22. The van der Waals surface area contributed by atoms with E-state index in [-0.39, 0.29) is 24.1 Å². The van der Waals surface area contributed by atoms with E-state index in [1.54, 1.807) is 18.0 Å². The van der Waals surface area contributed by atoms with Gasteiger partial charge in [-0.05, 0) is 71.4 Å². The molecule has 6 rings (SSSR count). The Labute approximate surface area is 309 Å². The average Bonchev–Trinajstić information content (AvgIpc) is 3.50. The van der Waals surface area contributed by atoms with E-state index in [9.17, 15) is 19.2 Å². The fourth-order valence-corrected chi connectivity index (χ4v) is 7.00. The van der Waals surface area contributed by atoms with Crippen molar-refractivity contribution in [3.8, 4) is 5.75 Å². The standard InChI is InChI=1S/C42H43ClN4O5/c1-46(39(49)16-9-25-44-36-15-8-14-34-35(36)28-47(42(34)51)37-21-22-38(48)45-41(37)50)26-27-52-32-19-17-31(18-20-32)40(30-12-6-3-7-13-30)33(23-24-43)29-10-4-2-5-11-29/h2-8,10-15,17-20,37,44H,9,16,21-28H2,1H3,(H,45,48,50)/b40-33-. The van der Waals surface area contributed by atoms with Gasteiger partial charge >= 0.3 is 0 Å². The first-order valence-electron chi connectivity index (χ1n) is 17.7. The van der Waals surface area contributed by atoms with E-state index < -0.39 is 11.9 Å². The number of hydrogen-bond donors (Lipinski definition) is 2. The van der Waals surface area contributed by atoms with Gasteiger partial charge in [0, 0.05) is 55.7 Å². The first-order chi connectivity index (χ1) is 25.3. The third kappa shape index (κ3) is 8.54. The summed E-state index contributed by atoms with van der Waals surface area (Å²) >= 11 is 6.30. The number of allylic oxidation sites excluding steroid dienone is 1. The van der Waals surface area contributed by atoms with Crippen LogP contribution in [0.2, 0.25) is 0 Å². The molecule has 0 aliphatic carbocycles. The number of carbonyl (C=O) groups is 4. The SMILES string of the molecule is CN(CCOc1ccc(/C(=C(/CCCl)c2ccccc2)c2ccccc2)cc1)C(=O)CCCNc1cccc2c1CN(C1CCC(=O)NC1=O)C2=O. The highest BCUT2D eigenvalue weighted by molar-refractivity contribution is 6.18. The third-order valence-corrected chi connectivity index (χ3v) is 9.75. The molecule has 1 atom stereocenters. The third-order valence-electron chi connectivity index (χ3n) is 9.56. The molecule has 4 aromatic carbocycles. The summed E-state index contributed by atoms with van der Waals surface area (Å²) in [6, 6.07) is 33.6. The quantitative estimate of drug-likeness (QED) is 0.0609. The Balaban J connectivity index is 0.989. The van der Waals surface area contributed by atoms with Crippen molar-refractivity contribution in [1.82, 2.24) is 15.1 Å². The van der Waals surface area contributed by atoms with Gasteiger partial charge in [0.05, 0.1) is 6.54 Å². The van der Waals surface area contributed by atoms with E-state index in [2.05, 4.69) is 47.0 Å². The van der Waals surface area contributed by atoms with Crippen LogP contribution >= 0.6 is 11.6 Å². The number of imide groups is 1. The first-order valence-corrected chi connectivity index (χ1v) is 18.2. The highest BCUT2D eigenvalue weighted by Crippen LogP contribution is 2.36. The summed E-state index contributed by atoms with van der Waals surface area (Å²) in [7, 11) is 1.78. The van der Waals surface area contributed by atoms with Gasteiger partial charge in [0.15, 0.2) is 0 Å². The Morgan fingerprint density at radius 1 is 0.885 bits per heavy atom. The number of amides is 4. The van der Waals surface area contributed by atoms with Gasteiger partial charge in [-0.2, -0.15) is 0 Å². The smallest absolute Gasteiger partial charge is 0.255 e. The molecule has 268 valence electrons. The number of carbonyl (C=O) groups excluding carboxylic acids is 4. The van der Waals surface area contributed by atoms with Gasteiger partial charge in [0.1, 0.15) is 18.4 Å². The lowest BCUT2D eigenvalue weighted by atomic mass is 9.88. The van der Waals surface area contributed by atoms with Gasteiger partial charge < -0.3 is 19.9 Å². The number of rotatable bonds is 15. The van der Waals surface area contributed by atoms with Crippen molar-refractivity contribution in [3.63, 3.8) is 0 Å². The fraction of sp³-hybridized carbons (Fsp3) is 0.286. The number of benzene rings is 4. The number of nitrogens with zero attached hydrogens (tertiary/aromatic N) is 2. The van der Waals surface area contributed by atoms with Gasteiger partial charge in [0.2, 0.25) is 17.7 Å². The van der Waals surface area contributed by atoms with Crippen LogP contribution in [0.1, 0.15) is 64.7 Å². The van der Waals surface area contributed by atoms with E-state index in [1.807, 2.05) is 60.7 Å². The minimum Gasteiger partial charge on any atom is -0.492 e. The molecule has 0 spiro atoms. The lowest BCUT2D eigenvalue weighted by Gasteiger charge is -2.29. The summed E-state index contributed by atoms with van der Waals surface area (Å²) in [5.41, 5.74) is 7.84. The topological polar surface area (TPSA) is 108 Å². The van der Waals surface area contributed by atoms with Gasteiger partial charge in [-0.3, -0.25) is 24.5 Å². The second-order valence-electron chi connectivity index (χ2n) is 13.0. The molecule has 2 heterocycles. The van der Waals surface area contributed by atoms with Crippen LogP contribution in [0, 0.1) is 0 Å². The summed E-state index contributed by atoms with van der Waals surface area (Å²) in [6.45, 7) is 1.64. The number of nitrogens with one attached hydrogen (secondary N) is 2. The van der Waals surface area contributed by atoms with Crippen LogP contribution < -0.4 is 15.4 Å². The van der Waals surface area contributed by atoms with Crippen molar-refractivity contribution in [2.75, 3.05) is 37.9 Å². The van der Waals surface area contributed by atoms with Crippen molar-refractivity contribution in [2.24, 2.45) is 0 Å². The van der Waals surface area contributed by atoms with E-state index in [1.165, 1.54) is 10.5 Å². The highest BCUT2D eigenvalue weighted by Gasteiger charge is 2.39. The van der Waals surface area contributed by atoms with Crippen molar-refractivity contribution < 1.29 is 23.9 Å². The zero-order valence-electron chi connectivity index (χ0n) is 29.3. The molecule has 9 nitrogen and oxygen atoms in total. The van der Waals surface area contributed by atoms with Crippen LogP contribution in [0.15, 0.2) is 103 Å². The molecule has 2 N–H and O–H groups in total. The molecular weight excluding hydrogens is 676 g/mol. The zero-order valence-corrected chi connectivity index (χ0v) is 30.0. The molecule has 1 unspecified atom stereocenters. The Kier molecular flexibility index (Phi) is 12.0. The molecule has 2 aliphatic rings. The van der Waals surface area contributed by atoms with Crippen molar-refractivity contribution in [2.45, 2.75) is 44.7 Å². The molecule has 0 radical (unpaired) electrons. The molecule has 1 fully saturated rings. The average molecular weight is 719 g/mol. The molecular formula is C42H43ClN4O5. The molecule has 4 aromatic rings. The second kappa shape index (κ2) is 17.2. The predicted molar refractivity (Wildman–Crippen MR) is 204 cm³/mol. The number of alkyl halides is 1. The van der Waals surface area contributed by atoms with Crippen molar-refractivity contribution in [1.29, 1.82) is 0 Å². The van der Waals surface area contributed by atoms with E-state index in [4.69, 9.17) is 16.3 Å². The number of hydrogen-bond acceptors (Lipinski definition) is 6. The Hall–Kier alpha value is -5.41. The maximum absolute atomic E-state index is 13.1. The monoisotopic (exact) mass is 718 g/mol. The van der Waals surface area contributed by atoms with Crippen LogP contribution in [-0.2, 0) is 20.9 Å². The summed E-state index contributed by atoms with van der Waals surface area (Å²) in [5.74, 6) is 0.298. The van der Waals surface area contributed by atoms with E-state index in [0.717, 1.165) is 45.7 Å². The molecule has 0 saturated carbocycles. The van der Waals surface area contributed by atoms with Crippen molar-refractivity contribution in [3.05, 3.63) is 131 Å². The summed E-state index contributed by atoms with van der Waals surface area (Å²) in [5, 5.41) is 5.71. The number of piperidine rings is 1. The van der Waals surface area contributed by atoms with Gasteiger partial charge in [0.25, 0.3) is 5.91 Å². The molecule has 0 aromatic heterocycles. The number of fused-ring (bicyclic) bond motifs is 1. The molecule has 4 amide bonds. The summed E-state index contributed by atoms with van der Waals surface area (Å²) < 4.78 is 6.04. The van der Waals surface area contributed by atoms with Crippen LogP contribution in [0.4, 0.5) is 5.69 Å². The second-order valence-corrected chi connectivity index (χ2v) is 13.4. The number of anilines is 1. The van der Waals surface area contributed by atoms with E-state index >= 15 is 0 Å². The summed E-state index contributed by atoms with van der Waals surface area (Å²) in [4.78, 5) is 53.2. The Morgan fingerprint density at radius 2 is 1.58 bits per heavy atom. The first kappa shape index (κ1) is 36.4. The van der Waals surface area contributed by atoms with Crippen LogP contribution in [0.5, 0.6) is 5.75 Å². The lowest BCUT2D eigenvalue weighted by molar-refractivity contribution is -0.137. The molecule has 52 heavy (non-hydrogen) atoms. The normalized spacial score (nSPS) is 15.8. The van der Waals surface area contributed by atoms with E-state index in [0.29, 0.717) is 56.9 Å². The van der Waals surface area contributed by atoms with Crippen molar-refractivity contribution >= 4 is 52.1 Å². The van der Waals surface area contributed by atoms with Gasteiger partial charge in [-0.25, -0.2) is 0 Å². The van der Waals surface area contributed by atoms with Crippen LogP contribution in [-0.4, -0.2) is 72.1 Å². The van der Waals surface area contributed by atoms with Crippen LogP contribution in [0.25, 0.3) is 11.1 Å². The number of ether oxygens (including phenoxy) is 1. The maximum atomic E-state index is 13.1. The number of likely N-dealkylation sites (N-methyl/N-ethyl adjacent to an activating group) is 1. The van der Waals surface area contributed by atoms with Gasteiger partial charge in [-0.15, -0.1) is 11.6 Å². The fourth-order valence-electron chi connectivity index (χ4n) is 6.82. The lowest BCUT2D eigenvalue weighted by Crippen LogP contribution is -2.52. The molecule has 0 bridgehead atoms. The number of halogens is 1. The molecule has 10 heteroatoms. The largest absolute Gasteiger partial charge is 0.492 e. The minimum atomic E-state index is -0.661. The minimum absolute atomic E-state index is 0.0172. The van der Waals surface area contributed by atoms with Gasteiger partial charge in [-0.1, -0.05) is 78.9 Å². The predicted octanol–water partition coefficient (Wildman–Crippen LogP) is 6.77. The van der Waals surface area contributed by atoms with Crippen LogP contribution in [0.3, 0.4) is 0 Å². The Bertz CT molecular complexity index is 1930. The maximum Gasteiger partial charge on any atom is 0.255 e. The highest BCUT2D eigenvalue weighted by atomic mass is 35.5.